The van der Waals surface area contributed by atoms with E-state index in [1.54, 1.807) is 0 Å². The molecule has 0 spiro atoms. The quantitative estimate of drug-likeness (QED) is 0.665. The van der Waals surface area contributed by atoms with E-state index in [2.05, 4.69) is 57.2 Å². The Balaban J connectivity index is 2.66. The van der Waals surface area contributed by atoms with E-state index in [4.69, 9.17) is 10.8 Å². The lowest BCUT2D eigenvalue weighted by molar-refractivity contribution is 0.831. The van der Waals surface area contributed by atoms with Crippen LogP contribution in [0.3, 0.4) is 0 Å². The van der Waals surface area contributed by atoms with E-state index in [0.717, 1.165) is 22.6 Å². The molecule has 0 aliphatic heterocycles. The van der Waals surface area contributed by atoms with Gasteiger partial charge in [-0.1, -0.05) is 19.9 Å². The Morgan fingerprint density at radius 1 is 0.952 bits per heavy atom. The van der Waals surface area contributed by atoms with E-state index in [1.807, 2.05) is 6.92 Å². The molecule has 0 radical (unpaired) electrons. The molecule has 0 aliphatic rings. The lowest BCUT2D eigenvalue weighted by atomic mass is 9.99. The molecule has 1 aromatic carbocycles. The Hall–Kier alpha value is -1.94. The third-order valence-electron chi connectivity index (χ3n) is 3.93. The molecule has 0 saturated carbocycles. The third kappa shape index (κ3) is 2.90. The maximum atomic E-state index is 5.66. The molecule has 0 amide bonds. The minimum atomic E-state index is 0.325. The van der Waals surface area contributed by atoms with Gasteiger partial charge in [0.1, 0.15) is 5.82 Å². The second-order valence-electron chi connectivity index (χ2n) is 5.95. The van der Waals surface area contributed by atoms with Crippen LogP contribution in [0, 0.1) is 27.7 Å². The Morgan fingerprint density at radius 2 is 1.57 bits per heavy atom. The lowest BCUT2D eigenvalue weighted by Crippen LogP contribution is -2.15. The summed E-state index contributed by atoms with van der Waals surface area (Å²) in [5, 5.41) is 0. The molecular formula is C17H24N4. The molecule has 3 N–H and O–H groups in total. The Kier molecular flexibility index (Phi) is 4.28. The second-order valence-corrected chi connectivity index (χ2v) is 5.95. The van der Waals surface area contributed by atoms with Gasteiger partial charge in [-0.15, -0.1) is 0 Å². The molecule has 2 rings (SSSR count). The van der Waals surface area contributed by atoms with Crippen LogP contribution in [0.25, 0.3) is 11.4 Å². The average Bonchev–Trinajstić information content (AvgIpc) is 2.41. The van der Waals surface area contributed by atoms with Gasteiger partial charge in [-0.2, -0.15) is 0 Å². The number of aryl methyl sites for hydroxylation is 4. The van der Waals surface area contributed by atoms with E-state index < -0.39 is 0 Å². The van der Waals surface area contributed by atoms with Crippen molar-refractivity contribution in [2.24, 2.45) is 5.84 Å². The van der Waals surface area contributed by atoms with Crippen LogP contribution < -0.4 is 11.3 Å². The molecule has 0 fully saturated rings. The van der Waals surface area contributed by atoms with Gasteiger partial charge in [-0.05, 0) is 56.4 Å². The Labute approximate surface area is 126 Å². The van der Waals surface area contributed by atoms with Gasteiger partial charge < -0.3 is 5.43 Å². The number of nitrogens with one attached hydrogen (secondary N) is 1. The zero-order valence-corrected chi connectivity index (χ0v) is 13.7. The van der Waals surface area contributed by atoms with Crippen LogP contribution >= 0.6 is 0 Å². The fraction of sp³-hybridized carbons (Fsp3) is 0.412. The molecule has 0 unspecified atom stereocenters. The van der Waals surface area contributed by atoms with Crippen molar-refractivity contribution in [3.63, 3.8) is 0 Å². The predicted molar refractivity (Wildman–Crippen MR) is 88.3 cm³/mol. The number of aromatic nitrogens is 2. The van der Waals surface area contributed by atoms with E-state index >= 15 is 0 Å². The van der Waals surface area contributed by atoms with Crippen LogP contribution in [-0.4, -0.2) is 9.97 Å². The van der Waals surface area contributed by atoms with Gasteiger partial charge in [-0.3, -0.25) is 0 Å². The highest BCUT2D eigenvalue weighted by atomic mass is 15.3. The number of benzene rings is 1. The van der Waals surface area contributed by atoms with E-state index in [-0.39, 0.29) is 0 Å². The smallest absolute Gasteiger partial charge is 0.162 e. The van der Waals surface area contributed by atoms with Crippen molar-refractivity contribution >= 4 is 5.82 Å². The Bertz CT molecular complexity index is 675. The lowest BCUT2D eigenvalue weighted by Gasteiger charge is -2.16. The van der Waals surface area contributed by atoms with Crippen molar-refractivity contribution in [3.05, 3.63) is 40.1 Å². The summed E-state index contributed by atoms with van der Waals surface area (Å²) < 4.78 is 0. The number of nitrogens with zero attached hydrogens (tertiary/aromatic N) is 2. The number of anilines is 1. The van der Waals surface area contributed by atoms with Crippen molar-refractivity contribution in [3.8, 4) is 11.4 Å². The fourth-order valence-corrected chi connectivity index (χ4v) is 2.70. The second kappa shape index (κ2) is 5.82. The van der Waals surface area contributed by atoms with Gasteiger partial charge in [0.15, 0.2) is 5.82 Å². The van der Waals surface area contributed by atoms with Crippen LogP contribution in [0.2, 0.25) is 0 Å². The topological polar surface area (TPSA) is 63.8 Å². The number of hydrogen-bond donors (Lipinski definition) is 2. The first-order valence-electron chi connectivity index (χ1n) is 7.28. The first kappa shape index (κ1) is 15.4. The summed E-state index contributed by atoms with van der Waals surface area (Å²) in [4.78, 5) is 9.33. The summed E-state index contributed by atoms with van der Waals surface area (Å²) in [7, 11) is 0. The Morgan fingerprint density at radius 3 is 2.14 bits per heavy atom. The monoisotopic (exact) mass is 284 g/mol. The van der Waals surface area contributed by atoms with Crippen LogP contribution in [0.5, 0.6) is 0 Å². The maximum Gasteiger partial charge on any atom is 0.162 e. The average molecular weight is 284 g/mol. The summed E-state index contributed by atoms with van der Waals surface area (Å²) in [5.74, 6) is 7.42. The van der Waals surface area contributed by atoms with Gasteiger partial charge in [0.05, 0.1) is 0 Å². The highest BCUT2D eigenvalue weighted by molar-refractivity contribution is 5.65. The summed E-state index contributed by atoms with van der Waals surface area (Å²) >= 11 is 0. The van der Waals surface area contributed by atoms with Crippen molar-refractivity contribution in [2.75, 3.05) is 5.43 Å². The summed E-state index contributed by atoms with van der Waals surface area (Å²) in [6.45, 7) is 12.6. The molecule has 1 heterocycles. The SMILES string of the molecule is Cc1cc(C)c(-c2nc(C)c(C(C)C)c(NN)n2)cc1C. The molecule has 1 aromatic heterocycles. The van der Waals surface area contributed by atoms with Gasteiger partial charge in [0, 0.05) is 16.8 Å². The van der Waals surface area contributed by atoms with E-state index in [1.165, 1.54) is 16.7 Å². The highest BCUT2D eigenvalue weighted by Gasteiger charge is 2.16. The number of hydrazine groups is 1. The molecule has 112 valence electrons. The summed E-state index contributed by atoms with van der Waals surface area (Å²) in [6, 6.07) is 4.32. The van der Waals surface area contributed by atoms with Crippen molar-refractivity contribution in [2.45, 2.75) is 47.5 Å². The minimum Gasteiger partial charge on any atom is -0.308 e. The first-order valence-corrected chi connectivity index (χ1v) is 7.28. The number of nitrogen functional groups attached to an aromatic ring is 1. The molecule has 2 aromatic rings. The molecule has 0 saturated heterocycles. The highest BCUT2D eigenvalue weighted by Crippen LogP contribution is 2.29. The van der Waals surface area contributed by atoms with E-state index in [0.29, 0.717) is 11.7 Å². The molecule has 0 aliphatic carbocycles. The van der Waals surface area contributed by atoms with Crippen LogP contribution in [0.15, 0.2) is 12.1 Å². The largest absolute Gasteiger partial charge is 0.308 e. The molecule has 21 heavy (non-hydrogen) atoms. The minimum absolute atomic E-state index is 0.325. The van der Waals surface area contributed by atoms with Crippen molar-refractivity contribution in [1.29, 1.82) is 0 Å². The first-order chi connectivity index (χ1) is 9.85. The maximum absolute atomic E-state index is 5.66. The van der Waals surface area contributed by atoms with Crippen molar-refractivity contribution < 1.29 is 0 Å². The van der Waals surface area contributed by atoms with Gasteiger partial charge in [0.25, 0.3) is 0 Å². The fourth-order valence-electron chi connectivity index (χ4n) is 2.70. The normalized spacial score (nSPS) is 11.0. The summed E-state index contributed by atoms with van der Waals surface area (Å²) in [5.41, 5.74) is 9.53. The molecule has 0 bridgehead atoms. The van der Waals surface area contributed by atoms with Gasteiger partial charge in [-0.25, -0.2) is 15.8 Å². The van der Waals surface area contributed by atoms with Crippen LogP contribution in [0.1, 0.15) is 47.7 Å². The zero-order valence-electron chi connectivity index (χ0n) is 13.7. The number of nitrogens with two attached hydrogens (primary N) is 1. The third-order valence-corrected chi connectivity index (χ3v) is 3.93. The molecule has 4 heteroatoms. The molecular weight excluding hydrogens is 260 g/mol. The number of rotatable bonds is 3. The van der Waals surface area contributed by atoms with Crippen LogP contribution in [0.4, 0.5) is 5.82 Å². The summed E-state index contributed by atoms with van der Waals surface area (Å²) in [6.07, 6.45) is 0. The van der Waals surface area contributed by atoms with Crippen LogP contribution in [-0.2, 0) is 0 Å². The number of hydrogen-bond acceptors (Lipinski definition) is 4. The molecule has 0 atom stereocenters. The standard InChI is InChI=1S/C17H24N4/c1-9(2)15-13(6)19-16(20-17(15)21-18)14-8-11(4)10(3)7-12(14)5/h7-9H,18H2,1-6H3,(H,19,20,21). The zero-order chi connectivity index (χ0) is 15.7. The van der Waals surface area contributed by atoms with E-state index in [9.17, 15) is 0 Å². The predicted octanol–water partition coefficient (Wildman–Crippen LogP) is 3.79. The van der Waals surface area contributed by atoms with Crippen molar-refractivity contribution in [1.82, 2.24) is 9.97 Å². The molecule has 4 nitrogen and oxygen atoms in total. The van der Waals surface area contributed by atoms with Gasteiger partial charge in [0.2, 0.25) is 0 Å². The van der Waals surface area contributed by atoms with Gasteiger partial charge >= 0.3 is 0 Å².